The first-order valence-corrected chi connectivity index (χ1v) is 8.17. The molecular formula is C18H23NO2. The van der Waals surface area contributed by atoms with Crippen LogP contribution >= 0.6 is 0 Å². The van der Waals surface area contributed by atoms with E-state index in [9.17, 15) is 9.90 Å². The zero-order valence-corrected chi connectivity index (χ0v) is 12.3. The summed E-state index contributed by atoms with van der Waals surface area (Å²) in [5.41, 5.74) is 7.02. The molecule has 4 aliphatic carbocycles. The zero-order valence-electron chi connectivity index (χ0n) is 12.3. The molecule has 0 spiro atoms. The molecule has 0 saturated heterocycles. The lowest BCUT2D eigenvalue weighted by molar-refractivity contribution is -0.125. The van der Waals surface area contributed by atoms with Crippen molar-refractivity contribution in [3.63, 3.8) is 0 Å². The minimum Gasteiger partial charge on any atom is -0.385 e. The van der Waals surface area contributed by atoms with Gasteiger partial charge in [-0.05, 0) is 55.6 Å². The van der Waals surface area contributed by atoms with E-state index in [1.807, 2.05) is 6.08 Å². The van der Waals surface area contributed by atoms with E-state index < -0.39 is 11.1 Å². The zero-order chi connectivity index (χ0) is 14.7. The van der Waals surface area contributed by atoms with E-state index in [1.165, 1.54) is 12.0 Å². The molecule has 1 fully saturated rings. The number of Topliss-reactive ketones (excluding diaryl/α,β-unsaturated/α-hetero) is 1. The normalized spacial score (nSPS) is 45.1. The molecule has 0 heterocycles. The van der Waals surface area contributed by atoms with Gasteiger partial charge in [-0.15, -0.1) is 0 Å². The van der Waals surface area contributed by atoms with Crippen molar-refractivity contribution < 1.29 is 9.90 Å². The molecule has 0 aliphatic heterocycles. The Morgan fingerprint density at radius 3 is 3.00 bits per heavy atom. The summed E-state index contributed by atoms with van der Waals surface area (Å²) in [4.78, 5) is 12.2. The number of fused-ring (bicyclic) bond motifs is 4. The molecule has 4 aliphatic rings. The first-order chi connectivity index (χ1) is 10.0. The summed E-state index contributed by atoms with van der Waals surface area (Å²) in [5, 5.41) is 11.4. The minimum absolute atomic E-state index is 0.113. The summed E-state index contributed by atoms with van der Waals surface area (Å²) < 4.78 is 0. The summed E-state index contributed by atoms with van der Waals surface area (Å²) in [7, 11) is 0. The molecule has 3 N–H and O–H groups in total. The fraction of sp³-hybridized carbons (Fsp3) is 0.611. The van der Waals surface area contributed by atoms with Gasteiger partial charge in [-0.2, -0.15) is 0 Å². The van der Waals surface area contributed by atoms with Crippen molar-refractivity contribution in [2.45, 2.75) is 56.1 Å². The number of allylic oxidation sites excluding steroid dienone is 3. The number of ketones is 1. The molecule has 2 unspecified atom stereocenters. The van der Waals surface area contributed by atoms with Gasteiger partial charge in [0.15, 0.2) is 5.78 Å². The van der Waals surface area contributed by atoms with Gasteiger partial charge in [0.25, 0.3) is 0 Å². The highest BCUT2D eigenvalue weighted by molar-refractivity contribution is 5.92. The van der Waals surface area contributed by atoms with Crippen LogP contribution in [-0.4, -0.2) is 22.0 Å². The highest BCUT2D eigenvalue weighted by Gasteiger charge is 2.58. The van der Waals surface area contributed by atoms with Gasteiger partial charge in [0, 0.05) is 12.3 Å². The molecule has 4 atom stereocenters. The third kappa shape index (κ3) is 1.77. The van der Waals surface area contributed by atoms with Crippen LogP contribution in [0, 0.1) is 11.8 Å². The molecule has 0 aromatic heterocycles. The van der Waals surface area contributed by atoms with Crippen LogP contribution in [-0.2, 0) is 4.79 Å². The van der Waals surface area contributed by atoms with Gasteiger partial charge in [0.1, 0.15) is 0 Å². The second-order valence-electron chi connectivity index (χ2n) is 7.20. The maximum Gasteiger partial charge on any atom is 0.153 e. The number of rotatable bonds is 0. The average Bonchev–Trinajstić information content (AvgIpc) is 2.69. The Bertz CT molecular complexity index is 588. The van der Waals surface area contributed by atoms with Gasteiger partial charge < -0.3 is 10.8 Å². The average molecular weight is 285 g/mol. The topological polar surface area (TPSA) is 63.3 Å². The predicted octanol–water partition coefficient (Wildman–Crippen LogP) is 2.41. The molecule has 0 aromatic carbocycles. The predicted molar refractivity (Wildman–Crippen MR) is 81.5 cm³/mol. The minimum atomic E-state index is -0.905. The van der Waals surface area contributed by atoms with E-state index in [0.29, 0.717) is 18.8 Å². The maximum absolute atomic E-state index is 12.2. The maximum atomic E-state index is 12.2. The lowest BCUT2D eigenvalue weighted by Gasteiger charge is -2.45. The molecule has 112 valence electrons. The van der Waals surface area contributed by atoms with E-state index in [4.69, 9.17) is 5.73 Å². The second-order valence-corrected chi connectivity index (χ2v) is 7.20. The van der Waals surface area contributed by atoms with Gasteiger partial charge >= 0.3 is 0 Å². The van der Waals surface area contributed by atoms with Crippen molar-refractivity contribution in [3.8, 4) is 0 Å². The van der Waals surface area contributed by atoms with Crippen LogP contribution in [0.3, 0.4) is 0 Å². The first kappa shape index (κ1) is 13.5. The summed E-state index contributed by atoms with van der Waals surface area (Å²) >= 11 is 0. The molecule has 3 nitrogen and oxygen atoms in total. The molecule has 3 heteroatoms. The quantitative estimate of drug-likeness (QED) is 0.718. The molecular weight excluding hydrogens is 262 g/mol. The number of nitrogens with two attached hydrogens (primary N) is 1. The van der Waals surface area contributed by atoms with Crippen LogP contribution in [0.15, 0.2) is 35.5 Å². The van der Waals surface area contributed by atoms with E-state index in [-0.39, 0.29) is 11.7 Å². The smallest absolute Gasteiger partial charge is 0.153 e. The van der Waals surface area contributed by atoms with Crippen LogP contribution in [0.5, 0.6) is 0 Å². The SMILES string of the molecule is N[C@]12CC=C3C=C4C=CCCC4CC[C@]3(O)C1CCC2=O. The molecule has 1 saturated carbocycles. The standard InChI is InChI=1S/C18H23NO2/c19-17-9-8-14-11-13-4-2-1-3-12(13)7-10-18(14,21)15(17)5-6-16(17)20/h2,4,8,11-12,15,21H,1,3,5-7,9-10,19H2/t12?,15?,17-,18-/m1/s1. The molecule has 0 amide bonds. The summed E-state index contributed by atoms with van der Waals surface area (Å²) in [6, 6.07) is 0. The van der Waals surface area contributed by atoms with E-state index >= 15 is 0 Å². The Labute approximate surface area is 125 Å². The Balaban J connectivity index is 1.79. The fourth-order valence-corrected chi connectivity index (χ4v) is 4.91. The van der Waals surface area contributed by atoms with Crippen molar-refractivity contribution in [2.24, 2.45) is 17.6 Å². The fourth-order valence-electron chi connectivity index (χ4n) is 4.91. The molecule has 4 rings (SSSR count). The van der Waals surface area contributed by atoms with Crippen molar-refractivity contribution in [2.75, 3.05) is 0 Å². The number of carbonyl (C=O) groups excluding carboxylic acids is 1. The molecule has 21 heavy (non-hydrogen) atoms. The number of hydrogen-bond acceptors (Lipinski definition) is 3. The van der Waals surface area contributed by atoms with Gasteiger partial charge in [0.05, 0.1) is 11.1 Å². The Kier molecular flexibility index (Phi) is 2.82. The van der Waals surface area contributed by atoms with Crippen molar-refractivity contribution in [3.05, 3.63) is 35.5 Å². The molecule has 0 radical (unpaired) electrons. The van der Waals surface area contributed by atoms with E-state index in [2.05, 4.69) is 18.2 Å². The van der Waals surface area contributed by atoms with Gasteiger partial charge in [-0.3, -0.25) is 4.79 Å². The lowest BCUT2D eigenvalue weighted by Crippen LogP contribution is -2.60. The summed E-state index contributed by atoms with van der Waals surface area (Å²) in [6.45, 7) is 0. The monoisotopic (exact) mass is 285 g/mol. The van der Waals surface area contributed by atoms with Gasteiger partial charge in [-0.1, -0.05) is 24.3 Å². The second kappa shape index (κ2) is 4.40. The van der Waals surface area contributed by atoms with Gasteiger partial charge in [-0.25, -0.2) is 0 Å². The number of aliphatic hydroxyl groups is 1. The third-order valence-electron chi connectivity index (χ3n) is 6.20. The Morgan fingerprint density at radius 2 is 2.14 bits per heavy atom. The lowest BCUT2D eigenvalue weighted by atomic mass is 9.64. The molecule has 0 bridgehead atoms. The van der Waals surface area contributed by atoms with Crippen LogP contribution in [0.1, 0.15) is 44.9 Å². The number of carbonyl (C=O) groups is 1. The van der Waals surface area contributed by atoms with Crippen LogP contribution in [0.4, 0.5) is 0 Å². The van der Waals surface area contributed by atoms with Crippen LogP contribution in [0.2, 0.25) is 0 Å². The Morgan fingerprint density at radius 1 is 1.29 bits per heavy atom. The van der Waals surface area contributed by atoms with Crippen molar-refractivity contribution >= 4 is 5.78 Å². The number of hydrogen-bond donors (Lipinski definition) is 2. The summed E-state index contributed by atoms with van der Waals surface area (Å²) in [5.74, 6) is 0.568. The molecule has 0 aromatic rings. The van der Waals surface area contributed by atoms with Crippen LogP contribution in [0.25, 0.3) is 0 Å². The van der Waals surface area contributed by atoms with E-state index in [0.717, 1.165) is 31.3 Å². The van der Waals surface area contributed by atoms with E-state index in [1.54, 1.807) is 0 Å². The van der Waals surface area contributed by atoms with Crippen molar-refractivity contribution in [1.29, 1.82) is 0 Å². The Hall–Kier alpha value is -1.19. The highest BCUT2D eigenvalue weighted by Crippen LogP contribution is 2.52. The first-order valence-electron chi connectivity index (χ1n) is 8.17. The summed E-state index contributed by atoms with van der Waals surface area (Å²) in [6.07, 6.45) is 14.5. The third-order valence-corrected chi connectivity index (χ3v) is 6.20. The van der Waals surface area contributed by atoms with Gasteiger partial charge in [0.2, 0.25) is 0 Å². The largest absolute Gasteiger partial charge is 0.385 e. The highest BCUT2D eigenvalue weighted by atomic mass is 16.3. The van der Waals surface area contributed by atoms with Crippen LogP contribution < -0.4 is 5.73 Å². The van der Waals surface area contributed by atoms with Crippen molar-refractivity contribution in [1.82, 2.24) is 0 Å².